The lowest BCUT2D eigenvalue weighted by molar-refractivity contribution is 0.851. The van der Waals surface area contributed by atoms with Gasteiger partial charge in [-0.2, -0.15) is 0 Å². The lowest BCUT2D eigenvalue weighted by Gasteiger charge is -2.44. The summed E-state index contributed by atoms with van der Waals surface area (Å²) in [6.07, 6.45) is 0. The molecular weight excluding hydrogens is 857 g/mol. The van der Waals surface area contributed by atoms with Gasteiger partial charge in [0.05, 0.1) is 0 Å². The number of rotatable bonds is 10. The second-order valence-corrected chi connectivity index (χ2v) is 23.5. The number of allylic oxidation sites excluding steroid dienone is 4. The van der Waals surface area contributed by atoms with Crippen molar-refractivity contribution in [3.63, 3.8) is 0 Å². The highest BCUT2D eigenvalue weighted by atomic mass is 28.3. The summed E-state index contributed by atoms with van der Waals surface area (Å²) in [6.45, 7) is 24.1. The van der Waals surface area contributed by atoms with Gasteiger partial charge in [0, 0.05) is 0 Å². The highest BCUT2D eigenvalue weighted by molar-refractivity contribution is 7.18. The lowest BCUT2D eigenvalue weighted by atomic mass is 9.90. The minimum Gasteiger partial charge on any atom is -0.0636 e. The van der Waals surface area contributed by atoms with Gasteiger partial charge in [0.2, 0.25) is 0 Å². The van der Waals surface area contributed by atoms with E-state index < -0.39 is 8.07 Å². The van der Waals surface area contributed by atoms with Gasteiger partial charge in [-0.05, 0) is 190 Å². The van der Waals surface area contributed by atoms with E-state index in [1.54, 1.807) is 5.20 Å². The van der Waals surface area contributed by atoms with Crippen LogP contribution < -0.4 is 15.6 Å². The van der Waals surface area contributed by atoms with Crippen molar-refractivity contribution in [1.29, 1.82) is 0 Å². The monoisotopic (exact) mass is 920 g/mol. The first-order valence-electron chi connectivity index (χ1n) is 25.1. The second kappa shape index (κ2) is 18.9. The maximum Gasteiger partial charge on any atom is 0.178 e. The molecule has 70 heavy (non-hydrogen) atoms. The molecule has 10 rings (SSSR count). The summed E-state index contributed by atoms with van der Waals surface area (Å²) in [5.41, 5.74) is 27.6. The first-order valence-corrected chi connectivity index (χ1v) is 27.1. The summed E-state index contributed by atoms with van der Waals surface area (Å²) in [4.78, 5) is 0. The molecule has 0 bridgehead atoms. The highest BCUT2D eigenvalue weighted by Gasteiger charge is 2.53. The molecule has 0 saturated heterocycles. The second-order valence-electron chi connectivity index (χ2n) is 19.8. The van der Waals surface area contributed by atoms with E-state index in [0.717, 1.165) is 0 Å². The molecule has 0 amide bonds. The zero-order chi connectivity index (χ0) is 48.8. The molecule has 0 saturated carbocycles. The SMILES string of the molecule is CC1=C(C)C(C)C([Si](c2cc(-c3ccccc3)c(C)c(C)c2-c2ccccc2)(c2cc(-c3ccccc3)c(C)c(C)c2-c2ccccc2)c2cc(-c3ccccc3)c(C)c(C)c2-c2ccccc2)=C1C. The van der Waals surface area contributed by atoms with Crippen LogP contribution in [0.3, 0.4) is 0 Å². The molecule has 344 valence electrons. The molecule has 0 aromatic heterocycles. The van der Waals surface area contributed by atoms with Crippen LogP contribution in [0.1, 0.15) is 61.1 Å². The largest absolute Gasteiger partial charge is 0.178 e. The minimum atomic E-state index is -3.70. The molecule has 1 atom stereocenters. The molecule has 0 N–H and O–H groups in total. The minimum absolute atomic E-state index is 0.160. The fraction of sp³-hybridized carbons (Fsp3) is 0.159. The van der Waals surface area contributed by atoms with Crippen molar-refractivity contribution in [2.45, 2.75) is 69.2 Å². The zero-order valence-corrected chi connectivity index (χ0v) is 43.6. The van der Waals surface area contributed by atoms with E-state index >= 15 is 0 Å². The molecule has 0 fully saturated rings. The Balaban J connectivity index is 1.59. The molecule has 0 aliphatic heterocycles. The van der Waals surface area contributed by atoms with Crippen molar-refractivity contribution in [2.75, 3.05) is 0 Å². The average molecular weight is 921 g/mol. The molecule has 1 heteroatoms. The van der Waals surface area contributed by atoms with Gasteiger partial charge in [-0.15, -0.1) is 0 Å². The topological polar surface area (TPSA) is 0 Å². The predicted molar refractivity (Wildman–Crippen MR) is 305 cm³/mol. The Morgan fingerprint density at radius 3 is 0.757 bits per heavy atom. The molecule has 1 aliphatic carbocycles. The number of hydrogen-bond acceptors (Lipinski definition) is 0. The van der Waals surface area contributed by atoms with Crippen molar-refractivity contribution in [2.24, 2.45) is 5.92 Å². The Labute approximate surface area is 418 Å². The smallest absolute Gasteiger partial charge is 0.0636 e. The Morgan fingerprint density at radius 1 is 0.286 bits per heavy atom. The van der Waals surface area contributed by atoms with Crippen LogP contribution in [0.5, 0.6) is 0 Å². The van der Waals surface area contributed by atoms with Gasteiger partial charge in [-0.1, -0.05) is 223 Å². The standard InChI is InChI=1S/C69H64Si/c1-44-45(2)53(10)69(52(44)9)70(63-41-60(54-29-17-11-18-30-54)46(3)49(6)66(63)57-35-23-14-24-36-57,64-42-61(55-31-19-12-20-32-55)47(4)50(7)67(64)58-37-25-15-26-38-58)65-43-62(56-33-21-13-22-34-56)48(5)51(8)68(65)59-39-27-16-28-40-59/h11-43,52H,1-10H3. The summed E-state index contributed by atoms with van der Waals surface area (Å²) in [6, 6.07) is 75.7. The molecule has 1 unspecified atom stereocenters. The zero-order valence-electron chi connectivity index (χ0n) is 42.6. The van der Waals surface area contributed by atoms with Gasteiger partial charge in [0.1, 0.15) is 0 Å². The fourth-order valence-electron chi connectivity index (χ4n) is 12.2. The van der Waals surface area contributed by atoms with E-state index in [4.69, 9.17) is 0 Å². The maximum atomic E-state index is 2.69. The molecular formula is C69H64Si. The van der Waals surface area contributed by atoms with Gasteiger partial charge < -0.3 is 0 Å². The van der Waals surface area contributed by atoms with Crippen molar-refractivity contribution in [1.82, 2.24) is 0 Å². The quantitative estimate of drug-likeness (QED) is 0.0947. The molecule has 0 spiro atoms. The summed E-state index contributed by atoms with van der Waals surface area (Å²) < 4.78 is 0. The van der Waals surface area contributed by atoms with Crippen molar-refractivity contribution < 1.29 is 0 Å². The van der Waals surface area contributed by atoms with Crippen LogP contribution in [0.4, 0.5) is 0 Å². The fourth-order valence-corrected chi connectivity index (χ4v) is 18.7. The van der Waals surface area contributed by atoms with Crippen LogP contribution in [0.15, 0.2) is 222 Å². The maximum absolute atomic E-state index is 3.70. The summed E-state index contributed by atoms with van der Waals surface area (Å²) in [5, 5.41) is 5.87. The van der Waals surface area contributed by atoms with Crippen LogP contribution in [-0.2, 0) is 0 Å². The van der Waals surface area contributed by atoms with E-state index in [-0.39, 0.29) is 5.92 Å². The summed E-state index contributed by atoms with van der Waals surface area (Å²) in [5.74, 6) is 0.160. The van der Waals surface area contributed by atoms with Crippen molar-refractivity contribution in [3.05, 3.63) is 255 Å². The Morgan fingerprint density at radius 2 is 0.529 bits per heavy atom. The van der Waals surface area contributed by atoms with Crippen molar-refractivity contribution in [3.8, 4) is 66.8 Å². The molecule has 1 aliphatic rings. The molecule has 9 aromatic carbocycles. The first-order chi connectivity index (χ1) is 33.9. The average Bonchev–Trinajstić information content (AvgIpc) is 3.59. The lowest BCUT2D eigenvalue weighted by Crippen LogP contribution is -2.71. The Kier molecular flexibility index (Phi) is 12.5. The molecule has 9 aromatic rings. The van der Waals surface area contributed by atoms with E-state index in [1.165, 1.54) is 132 Å². The van der Waals surface area contributed by atoms with Crippen LogP contribution in [0.25, 0.3) is 66.8 Å². The van der Waals surface area contributed by atoms with E-state index in [9.17, 15) is 0 Å². The van der Waals surface area contributed by atoms with Crippen LogP contribution in [-0.4, -0.2) is 8.07 Å². The van der Waals surface area contributed by atoms with Gasteiger partial charge >= 0.3 is 0 Å². The van der Waals surface area contributed by atoms with Crippen molar-refractivity contribution >= 4 is 23.6 Å². The molecule has 0 radical (unpaired) electrons. The van der Waals surface area contributed by atoms with Crippen LogP contribution >= 0.6 is 0 Å². The number of benzene rings is 9. The van der Waals surface area contributed by atoms with E-state index in [0.29, 0.717) is 0 Å². The summed E-state index contributed by atoms with van der Waals surface area (Å²) in [7, 11) is -3.70. The first kappa shape index (κ1) is 46.4. The van der Waals surface area contributed by atoms with Gasteiger partial charge in [0.25, 0.3) is 0 Å². The van der Waals surface area contributed by atoms with Crippen LogP contribution in [0.2, 0.25) is 0 Å². The van der Waals surface area contributed by atoms with Gasteiger partial charge in [-0.3, -0.25) is 0 Å². The van der Waals surface area contributed by atoms with Gasteiger partial charge in [0.15, 0.2) is 8.07 Å². The van der Waals surface area contributed by atoms with E-state index in [2.05, 4.69) is 269 Å². The normalized spacial score (nSPS) is 13.9. The Bertz CT molecular complexity index is 3140. The third kappa shape index (κ3) is 7.59. The third-order valence-electron chi connectivity index (χ3n) is 16.4. The third-order valence-corrected chi connectivity index (χ3v) is 21.6. The predicted octanol–water partition coefficient (Wildman–Crippen LogP) is 16.9. The molecule has 0 heterocycles. The van der Waals surface area contributed by atoms with Gasteiger partial charge in [-0.25, -0.2) is 0 Å². The Hall–Kier alpha value is -7.32. The molecule has 0 nitrogen and oxygen atoms in total. The summed E-state index contributed by atoms with van der Waals surface area (Å²) >= 11 is 0. The van der Waals surface area contributed by atoms with Crippen LogP contribution in [0, 0.1) is 47.5 Å². The highest BCUT2D eigenvalue weighted by Crippen LogP contribution is 2.48. The number of hydrogen-bond donors (Lipinski definition) is 0. The van der Waals surface area contributed by atoms with E-state index in [1.807, 2.05) is 0 Å².